The summed E-state index contributed by atoms with van der Waals surface area (Å²) in [6.45, 7) is 15.8. The fourth-order valence-electron chi connectivity index (χ4n) is 18.4. The number of hydrogen-bond acceptors (Lipinski definition) is 17. The van der Waals surface area contributed by atoms with Crippen LogP contribution >= 0.6 is 0 Å². The van der Waals surface area contributed by atoms with Gasteiger partial charge in [-0.05, 0) is 75.3 Å². The monoisotopic (exact) mass is 893 g/mol. The molecule has 1 aromatic rings. The zero-order chi connectivity index (χ0) is 47.0. The van der Waals surface area contributed by atoms with E-state index in [0.717, 1.165) is 0 Å². The number of H-pyrrole nitrogens is 1. The van der Waals surface area contributed by atoms with Gasteiger partial charge in [0, 0.05) is 29.9 Å². The van der Waals surface area contributed by atoms with Crippen molar-refractivity contribution in [2.75, 3.05) is 0 Å². The molecule has 0 amide bonds. The van der Waals surface area contributed by atoms with Gasteiger partial charge in [-0.1, -0.05) is 55.4 Å². The molecule has 8 saturated carbocycles. The van der Waals surface area contributed by atoms with Crippen molar-refractivity contribution in [2.24, 2.45) is 45.3 Å². The van der Waals surface area contributed by atoms with Crippen LogP contribution in [0.15, 0.2) is 18.3 Å². The molecule has 0 aromatic carbocycles. The molecule has 18 heteroatoms. The molecule has 4 aliphatic heterocycles. The first-order valence-corrected chi connectivity index (χ1v) is 22.6. The molecule has 12 aliphatic rings. The van der Waals surface area contributed by atoms with Crippen molar-refractivity contribution in [3.05, 3.63) is 24.0 Å². The summed E-state index contributed by atoms with van der Waals surface area (Å²) >= 11 is 0. The quantitative estimate of drug-likeness (QED) is 0.152. The average molecular weight is 894 g/mol. The number of aliphatic hydroxyl groups is 13. The number of carbonyl (C=O) groups is 1. The van der Waals surface area contributed by atoms with Crippen LogP contribution in [0.4, 0.5) is 0 Å². The molecule has 354 valence electrons. The molecule has 16 unspecified atom stereocenters. The summed E-state index contributed by atoms with van der Waals surface area (Å²) in [6.07, 6.45) is -4.67. The Bertz CT molecular complexity index is 2210. The lowest BCUT2D eigenvalue weighted by Gasteiger charge is -2.60. The van der Waals surface area contributed by atoms with E-state index in [2.05, 4.69) is 4.98 Å². The average Bonchev–Trinajstić information content (AvgIpc) is 3.90. The van der Waals surface area contributed by atoms with Gasteiger partial charge in [0.2, 0.25) is 0 Å². The molecular formula is C45H67NO17. The molecule has 12 fully saturated rings. The van der Waals surface area contributed by atoms with Crippen LogP contribution in [0.25, 0.3) is 0 Å². The van der Waals surface area contributed by atoms with Crippen molar-refractivity contribution < 1.29 is 85.4 Å². The number of esters is 1. The molecule has 14 N–H and O–H groups in total. The number of rotatable bonds is 4. The minimum absolute atomic E-state index is 0.0654. The topological polar surface area (TPSA) is 324 Å². The lowest BCUT2D eigenvalue weighted by atomic mass is 9.52. The van der Waals surface area contributed by atoms with E-state index in [1.807, 2.05) is 0 Å². The lowest BCUT2D eigenvalue weighted by Crippen LogP contribution is -2.75. The van der Waals surface area contributed by atoms with E-state index in [0.29, 0.717) is 12.8 Å². The fourth-order valence-corrected chi connectivity index (χ4v) is 18.4. The SMILES string of the molecule is CC1CC[C@@]2(O)C3(OC4(O)C[C@]2(C)[C@]2(O)C(O)C(O)(C(C)C)C4(C)C32O)C1O.CC1CC[C@@]2(O)C3(OC4(O)C[C@]2(C)[C@]2(O)C(OC(=O)c5ccc[nH]5)C(O)(C(C)C)C4(C)C32O)C1O. The predicted molar refractivity (Wildman–Crippen MR) is 213 cm³/mol. The van der Waals surface area contributed by atoms with E-state index in [1.54, 1.807) is 47.6 Å². The highest BCUT2D eigenvalue weighted by molar-refractivity contribution is 5.87. The number of nitrogens with one attached hydrogen (secondary N) is 1. The van der Waals surface area contributed by atoms with Gasteiger partial charge in [0.25, 0.3) is 0 Å². The largest absolute Gasteiger partial charge is 0.451 e. The first kappa shape index (κ1) is 45.0. The third-order valence-electron chi connectivity index (χ3n) is 21.6. The number of aromatic amines is 1. The van der Waals surface area contributed by atoms with Crippen molar-refractivity contribution >= 4 is 5.97 Å². The van der Waals surface area contributed by atoms with Crippen molar-refractivity contribution in [2.45, 2.75) is 200 Å². The molecule has 5 heterocycles. The minimum atomic E-state index is -2.59. The fraction of sp³-hybridized carbons (Fsp3) is 0.889. The molecule has 13 rings (SSSR count). The molecule has 2 spiro atoms. The molecule has 4 saturated heterocycles. The third kappa shape index (κ3) is 3.28. The Kier molecular flexibility index (Phi) is 7.98. The molecule has 12 bridgehead atoms. The van der Waals surface area contributed by atoms with E-state index in [4.69, 9.17) is 14.2 Å². The smallest absolute Gasteiger partial charge is 0.355 e. The zero-order valence-electron chi connectivity index (χ0n) is 37.5. The maximum absolute atomic E-state index is 13.2. The number of aliphatic hydroxyl groups excluding tert-OH is 3. The molecule has 63 heavy (non-hydrogen) atoms. The van der Waals surface area contributed by atoms with E-state index < -0.39 is 143 Å². The number of carbonyl (C=O) groups excluding carboxylic acids is 1. The zero-order valence-corrected chi connectivity index (χ0v) is 37.5. The summed E-state index contributed by atoms with van der Waals surface area (Å²) in [5, 5.41) is 156. The van der Waals surface area contributed by atoms with E-state index in [1.165, 1.54) is 40.0 Å². The van der Waals surface area contributed by atoms with Gasteiger partial charge in [0.15, 0.2) is 28.9 Å². The van der Waals surface area contributed by atoms with E-state index in [-0.39, 0.29) is 31.4 Å². The Balaban J connectivity index is 0.000000153. The van der Waals surface area contributed by atoms with Gasteiger partial charge in [0.05, 0.1) is 23.0 Å². The maximum atomic E-state index is 13.2. The Morgan fingerprint density at radius 1 is 0.683 bits per heavy atom. The van der Waals surface area contributed by atoms with Crippen LogP contribution in [0.3, 0.4) is 0 Å². The second kappa shape index (κ2) is 11.2. The van der Waals surface area contributed by atoms with E-state index >= 15 is 0 Å². The van der Waals surface area contributed by atoms with Gasteiger partial charge >= 0.3 is 5.97 Å². The van der Waals surface area contributed by atoms with Crippen LogP contribution in [-0.2, 0) is 14.2 Å². The van der Waals surface area contributed by atoms with Gasteiger partial charge in [-0.15, -0.1) is 0 Å². The normalized spacial score (nSPS) is 65.3. The molecule has 1 aromatic heterocycles. The predicted octanol–water partition coefficient (Wildman–Crippen LogP) is -1.57. The van der Waals surface area contributed by atoms with Gasteiger partial charge < -0.3 is 85.6 Å². The number of hydrogen-bond donors (Lipinski definition) is 14. The maximum Gasteiger partial charge on any atom is 0.355 e. The lowest BCUT2D eigenvalue weighted by molar-refractivity contribution is -0.390. The highest BCUT2D eigenvalue weighted by Gasteiger charge is 3.11. The summed E-state index contributed by atoms with van der Waals surface area (Å²) < 4.78 is 18.1. The van der Waals surface area contributed by atoms with Crippen LogP contribution in [0.1, 0.15) is 118 Å². The first-order chi connectivity index (χ1) is 28.6. The Hall–Kier alpha value is -1.85. The van der Waals surface area contributed by atoms with Crippen LogP contribution in [0.5, 0.6) is 0 Å². The second-order valence-corrected chi connectivity index (χ2v) is 23.3. The summed E-state index contributed by atoms with van der Waals surface area (Å²) in [5.41, 5.74) is -29.9. The van der Waals surface area contributed by atoms with Crippen molar-refractivity contribution in [3.8, 4) is 0 Å². The molecular weight excluding hydrogens is 826 g/mol. The Morgan fingerprint density at radius 2 is 1.10 bits per heavy atom. The molecule has 22 atom stereocenters. The molecule has 18 nitrogen and oxygen atoms in total. The standard InChI is InChI=1S/C25H35NO9.C20H32O8/c1-12(2)22(31)17(34-16(28)14-7-6-10-26-14)23(32)18(4)11-21(30)19(22,5)25(23,33)24(35-21)15(27)13(3)8-9-20(18,24)29;1-9(2)17(25)12(22)18(26)13(4)8-16(24)14(17,5)20(18,27)19(28-16)11(21)10(3)6-7-15(13,19)23/h6-7,10,12-13,15,17,26-27,29-33H,8-9,11H2,1-5H3;9-12,21-27H,6-8H2,1-5H3/t13?,15?,17?,18-,19?,20-,21?,22?,23+,24?,25?;10?,11?,12?,13-,14?,15-,16?,17?,18+,19?,20?/m00/s1. The molecule has 0 radical (unpaired) electrons. The van der Waals surface area contributed by atoms with E-state index in [9.17, 15) is 71.2 Å². The number of ether oxygens (including phenoxy) is 3. The van der Waals surface area contributed by atoms with Crippen molar-refractivity contribution in [3.63, 3.8) is 0 Å². The highest BCUT2D eigenvalue weighted by Crippen LogP contribution is 2.92. The summed E-state index contributed by atoms with van der Waals surface area (Å²) in [6, 6.07) is 3.06. The Labute approximate surface area is 364 Å². The summed E-state index contributed by atoms with van der Waals surface area (Å²) in [7, 11) is 0. The molecule has 8 aliphatic carbocycles. The van der Waals surface area contributed by atoms with Gasteiger partial charge in [-0.25, -0.2) is 4.79 Å². The van der Waals surface area contributed by atoms with Gasteiger partial charge in [0.1, 0.15) is 56.6 Å². The van der Waals surface area contributed by atoms with Crippen LogP contribution < -0.4 is 0 Å². The summed E-state index contributed by atoms with van der Waals surface area (Å²) in [5.74, 6) is -7.58. The van der Waals surface area contributed by atoms with Gasteiger partial charge in [-0.2, -0.15) is 0 Å². The first-order valence-electron chi connectivity index (χ1n) is 22.6. The number of aromatic nitrogens is 1. The Morgan fingerprint density at radius 3 is 1.51 bits per heavy atom. The van der Waals surface area contributed by atoms with Crippen LogP contribution in [0, 0.1) is 45.3 Å². The highest BCUT2D eigenvalue weighted by atomic mass is 16.7. The third-order valence-corrected chi connectivity index (χ3v) is 21.6. The van der Waals surface area contributed by atoms with Crippen LogP contribution in [0.2, 0.25) is 0 Å². The van der Waals surface area contributed by atoms with Crippen molar-refractivity contribution in [1.82, 2.24) is 4.98 Å². The van der Waals surface area contributed by atoms with Gasteiger partial charge in [-0.3, -0.25) is 0 Å². The second-order valence-electron chi connectivity index (χ2n) is 23.3. The minimum Gasteiger partial charge on any atom is -0.451 e. The van der Waals surface area contributed by atoms with Crippen molar-refractivity contribution in [1.29, 1.82) is 0 Å². The summed E-state index contributed by atoms with van der Waals surface area (Å²) in [4.78, 5) is 15.9. The van der Waals surface area contributed by atoms with Crippen LogP contribution in [-0.4, -0.2) is 169 Å².